The van der Waals surface area contributed by atoms with Crippen molar-refractivity contribution in [3.63, 3.8) is 0 Å². The largest absolute Gasteiger partial charge is 0.299 e. The van der Waals surface area contributed by atoms with Crippen molar-refractivity contribution >= 4 is 0 Å². The summed E-state index contributed by atoms with van der Waals surface area (Å²) >= 11 is 0. The van der Waals surface area contributed by atoms with Crippen molar-refractivity contribution in [3.05, 3.63) is 0 Å². The lowest BCUT2D eigenvalue weighted by atomic mass is 9.84. The molecular formula is C12H22N2. The van der Waals surface area contributed by atoms with Gasteiger partial charge in [-0.25, -0.2) is 0 Å². The molecule has 1 aliphatic carbocycles. The molecule has 0 aromatic rings. The van der Waals surface area contributed by atoms with E-state index in [0.717, 1.165) is 12.3 Å². The molecule has 80 valence electrons. The Morgan fingerprint density at radius 3 is 2.50 bits per heavy atom. The molecule has 0 aliphatic heterocycles. The zero-order valence-corrected chi connectivity index (χ0v) is 9.42. The quantitative estimate of drug-likeness (QED) is 0.747. The molecule has 0 bridgehead atoms. The van der Waals surface area contributed by atoms with Gasteiger partial charge in [0.05, 0.1) is 12.1 Å². The summed E-state index contributed by atoms with van der Waals surface area (Å²) in [7, 11) is 0. The van der Waals surface area contributed by atoms with Gasteiger partial charge >= 0.3 is 0 Å². The molecule has 0 aromatic heterocycles. The van der Waals surface area contributed by atoms with Gasteiger partial charge in [-0.05, 0) is 32.1 Å². The molecule has 14 heavy (non-hydrogen) atoms. The van der Waals surface area contributed by atoms with Gasteiger partial charge in [0.1, 0.15) is 0 Å². The Kier molecular flexibility index (Phi) is 4.97. The van der Waals surface area contributed by atoms with Crippen LogP contribution < -0.4 is 5.32 Å². The fraction of sp³-hybridized carbons (Fsp3) is 0.917. The standard InChI is InChI=1S/C12H22N2/c1-3-12(9-13)14-10(2)11-7-5-4-6-8-11/h10-12,14H,3-8H2,1-2H3/t10-,12?/m0/s1. The summed E-state index contributed by atoms with van der Waals surface area (Å²) in [5.74, 6) is 0.797. The predicted octanol–water partition coefficient (Wildman–Crippen LogP) is 2.85. The zero-order valence-electron chi connectivity index (χ0n) is 9.42. The van der Waals surface area contributed by atoms with Crippen LogP contribution in [0.4, 0.5) is 0 Å². The average molecular weight is 194 g/mol. The van der Waals surface area contributed by atoms with Crippen molar-refractivity contribution < 1.29 is 0 Å². The monoisotopic (exact) mass is 194 g/mol. The highest BCUT2D eigenvalue weighted by Crippen LogP contribution is 2.26. The molecule has 0 aromatic carbocycles. The van der Waals surface area contributed by atoms with Crippen LogP contribution in [0.2, 0.25) is 0 Å². The molecule has 1 rings (SSSR count). The number of hydrogen-bond acceptors (Lipinski definition) is 2. The second-order valence-corrected chi connectivity index (χ2v) is 4.44. The lowest BCUT2D eigenvalue weighted by Gasteiger charge is -2.29. The third-order valence-electron chi connectivity index (χ3n) is 3.39. The highest BCUT2D eigenvalue weighted by atomic mass is 14.9. The Morgan fingerprint density at radius 2 is 2.00 bits per heavy atom. The number of nitrogens with one attached hydrogen (secondary N) is 1. The summed E-state index contributed by atoms with van der Waals surface area (Å²) < 4.78 is 0. The van der Waals surface area contributed by atoms with E-state index < -0.39 is 0 Å². The first-order chi connectivity index (χ1) is 6.77. The molecule has 1 fully saturated rings. The summed E-state index contributed by atoms with van der Waals surface area (Å²) in [6, 6.07) is 2.87. The smallest absolute Gasteiger partial charge is 0.0952 e. The van der Waals surface area contributed by atoms with E-state index in [1.807, 2.05) is 0 Å². The lowest BCUT2D eigenvalue weighted by Crippen LogP contribution is -2.40. The summed E-state index contributed by atoms with van der Waals surface area (Å²) in [5.41, 5.74) is 0. The van der Waals surface area contributed by atoms with E-state index in [2.05, 4.69) is 25.2 Å². The van der Waals surface area contributed by atoms with Crippen LogP contribution >= 0.6 is 0 Å². The van der Waals surface area contributed by atoms with E-state index in [9.17, 15) is 0 Å². The van der Waals surface area contributed by atoms with Crippen molar-refractivity contribution in [1.82, 2.24) is 5.32 Å². The molecule has 0 spiro atoms. The second kappa shape index (κ2) is 6.03. The average Bonchev–Trinajstić information content (AvgIpc) is 2.26. The summed E-state index contributed by atoms with van der Waals surface area (Å²) in [4.78, 5) is 0. The first-order valence-corrected chi connectivity index (χ1v) is 5.93. The molecule has 0 radical (unpaired) electrons. The van der Waals surface area contributed by atoms with Crippen molar-refractivity contribution in [2.24, 2.45) is 5.92 Å². The molecule has 2 heteroatoms. The van der Waals surface area contributed by atoms with Crippen LogP contribution in [-0.2, 0) is 0 Å². The predicted molar refractivity (Wildman–Crippen MR) is 58.9 cm³/mol. The SMILES string of the molecule is CCC(C#N)N[C@@H](C)C1CCCCC1. The third-order valence-corrected chi connectivity index (χ3v) is 3.39. The minimum absolute atomic E-state index is 0.0481. The van der Waals surface area contributed by atoms with Gasteiger partial charge in [-0.15, -0.1) is 0 Å². The van der Waals surface area contributed by atoms with Gasteiger partial charge in [0.15, 0.2) is 0 Å². The maximum Gasteiger partial charge on any atom is 0.0952 e. The number of nitriles is 1. The Bertz CT molecular complexity index is 189. The molecule has 1 N–H and O–H groups in total. The first-order valence-electron chi connectivity index (χ1n) is 5.93. The van der Waals surface area contributed by atoms with Crippen molar-refractivity contribution in [1.29, 1.82) is 5.26 Å². The maximum atomic E-state index is 8.86. The van der Waals surface area contributed by atoms with Crippen LogP contribution in [0, 0.1) is 17.2 Å². The minimum atomic E-state index is 0.0481. The molecule has 0 saturated heterocycles. The van der Waals surface area contributed by atoms with E-state index in [0.29, 0.717) is 6.04 Å². The molecule has 0 amide bonds. The summed E-state index contributed by atoms with van der Waals surface area (Å²) in [6.07, 6.45) is 7.75. The van der Waals surface area contributed by atoms with Gasteiger partial charge in [0.25, 0.3) is 0 Å². The van der Waals surface area contributed by atoms with Crippen molar-refractivity contribution in [2.45, 2.75) is 64.5 Å². The van der Waals surface area contributed by atoms with Gasteiger partial charge in [-0.3, -0.25) is 5.32 Å². The minimum Gasteiger partial charge on any atom is -0.299 e. The van der Waals surface area contributed by atoms with Crippen LogP contribution in [0.15, 0.2) is 0 Å². The molecule has 2 nitrogen and oxygen atoms in total. The van der Waals surface area contributed by atoms with Gasteiger partial charge < -0.3 is 0 Å². The summed E-state index contributed by atoms with van der Waals surface area (Å²) in [5, 5.41) is 12.3. The molecule has 0 heterocycles. The van der Waals surface area contributed by atoms with E-state index in [4.69, 9.17) is 5.26 Å². The van der Waals surface area contributed by atoms with Gasteiger partial charge in [-0.2, -0.15) is 5.26 Å². The first kappa shape index (κ1) is 11.5. The zero-order chi connectivity index (χ0) is 10.4. The number of rotatable bonds is 4. The van der Waals surface area contributed by atoms with Gasteiger partial charge in [0.2, 0.25) is 0 Å². The van der Waals surface area contributed by atoms with Crippen LogP contribution in [0.3, 0.4) is 0 Å². The van der Waals surface area contributed by atoms with Crippen LogP contribution in [0.25, 0.3) is 0 Å². The lowest BCUT2D eigenvalue weighted by molar-refractivity contribution is 0.272. The highest BCUT2D eigenvalue weighted by molar-refractivity contribution is 4.91. The molecule has 1 saturated carbocycles. The molecular weight excluding hydrogens is 172 g/mol. The van der Waals surface area contributed by atoms with Crippen LogP contribution in [0.5, 0.6) is 0 Å². The Labute approximate surface area is 87.7 Å². The Hall–Kier alpha value is -0.550. The topological polar surface area (TPSA) is 35.8 Å². The van der Waals surface area contributed by atoms with Crippen molar-refractivity contribution in [2.75, 3.05) is 0 Å². The van der Waals surface area contributed by atoms with Crippen LogP contribution in [0.1, 0.15) is 52.4 Å². The van der Waals surface area contributed by atoms with E-state index in [-0.39, 0.29) is 6.04 Å². The summed E-state index contributed by atoms with van der Waals surface area (Å²) in [6.45, 7) is 4.30. The molecule has 1 unspecified atom stereocenters. The Morgan fingerprint density at radius 1 is 1.36 bits per heavy atom. The maximum absolute atomic E-state index is 8.86. The number of hydrogen-bond donors (Lipinski definition) is 1. The fourth-order valence-corrected chi connectivity index (χ4v) is 2.33. The molecule has 1 aliphatic rings. The van der Waals surface area contributed by atoms with Crippen LogP contribution in [-0.4, -0.2) is 12.1 Å². The number of nitrogens with zero attached hydrogens (tertiary/aromatic N) is 1. The van der Waals surface area contributed by atoms with E-state index >= 15 is 0 Å². The Balaban J connectivity index is 2.32. The highest BCUT2D eigenvalue weighted by Gasteiger charge is 2.21. The normalized spacial score (nSPS) is 22.6. The van der Waals surface area contributed by atoms with Gasteiger partial charge in [-0.1, -0.05) is 26.2 Å². The van der Waals surface area contributed by atoms with E-state index in [1.165, 1.54) is 32.1 Å². The fourth-order valence-electron chi connectivity index (χ4n) is 2.33. The van der Waals surface area contributed by atoms with Gasteiger partial charge in [0, 0.05) is 6.04 Å². The van der Waals surface area contributed by atoms with Crippen molar-refractivity contribution in [3.8, 4) is 6.07 Å². The van der Waals surface area contributed by atoms with E-state index in [1.54, 1.807) is 0 Å². The molecule has 2 atom stereocenters. The second-order valence-electron chi connectivity index (χ2n) is 4.44. The third kappa shape index (κ3) is 3.31.